The molecule has 1 N–H and O–H groups in total. The number of thioether (sulfide) groups is 1. The van der Waals surface area contributed by atoms with Crippen LogP contribution in [0.1, 0.15) is 33.6 Å². The molecule has 6 heteroatoms. The lowest BCUT2D eigenvalue weighted by molar-refractivity contribution is -0.132. The first-order valence-corrected chi connectivity index (χ1v) is 8.40. The Hall–Kier alpha value is -0.750. The van der Waals surface area contributed by atoms with Crippen LogP contribution in [0.5, 0.6) is 0 Å². The highest BCUT2D eigenvalue weighted by Crippen LogP contribution is 2.14. The van der Waals surface area contributed by atoms with Crippen LogP contribution < -0.4 is 5.32 Å². The van der Waals surface area contributed by atoms with E-state index >= 15 is 0 Å². The summed E-state index contributed by atoms with van der Waals surface area (Å²) in [5.41, 5.74) is -0.133. The van der Waals surface area contributed by atoms with Gasteiger partial charge in [0.25, 0.3) is 0 Å². The van der Waals surface area contributed by atoms with Gasteiger partial charge >= 0.3 is 0 Å². The molecule has 1 fully saturated rings. The monoisotopic (exact) mass is 302 g/mol. The topological polar surface area (TPSA) is 58.6 Å². The van der Waals surface area contributed by atoms with Gasteiger partial charge in [0.2, 0.25) is 11.8 Å². The highest BCUT2D eigenvalue weighted by atomic mass is 32.2. The minimum absolute atomic E-state index is 0.0102. The third kappa shape index (κ3) is 5.71. The summed E-state index contributed by atoms with van der Waals surface area (Å²) < 4.78 is 5.21. The average Bonchev–Trinajstić information content (AvgIpc) is 2.47. The Kier molecular flexibility index (Phi) is 7.37. The van der Waals surface area contributed by atoms with Crippen molar-refractivity contribution in [1.82, 2.24) is 10.2 Å². The van der Waals surface area contributed by atoms with Crippen LogP contribution in [0.2, 0.25) is 0 Å². The highest BCUT2D eigenvalue weighted by Gasteiger charge is 2.22. The summed E-state index contributed by atoms with van der Waals surface area (Å²) in [5.74, 6) is 0.810. The number of hydrogen-bond acceptors (Lipinski definition) is 4. The molecule has 0 atom stereocenters. The zero-order chi connectivity index (χ0) is 15.0. The number of hydrogen-bond donors (Lipinski definition) is 1. The molecule has 0 bridgehead atoms. The Bertz CT molecular complexity index is 326. The zero-order valence-electron chi connectivity index (χ0n) is 12.7. The van der Waals surface area contributed by atoms with Crippen molar-refractivity contribution in [3.63, 3.8) is 0 Å². The Morgan fingerprint density at radius 1 is 1.20 bits per heavy atom. The SMILES string of the molecule is CCC(C)(CC)NC(=O)CSCC(=O)N1CCOCC1. The predicted molar refractivity (Wildman–Crippen MR) is 81.9 cm³/mol. The molecule has 1 heterocycles. The molecule has 116 valence electrons. The number of rotatable bonds is 7. The van der Waals surface area contributed by atoms with Gasteiger partial charge in [0.15, 0.2) is 0 Å². The number of carbonyl (C=O) groups is 2. The summed E-state index contributed by atoms with van der Waals surface area (Å²) in [5, 5.41) is 3.04. The van der Waals surface area contributed by atoms with Crippen molar-refractivity contribution in [3.05, 3.63) is 0 Å². The molecule has 5 nitrogen and oxygen atoms in total. The van der Waals surface area contributed by atoms with Crippen molar-refractivity contribution in [2.45, 2.75) is 39.2 Å². The summed E-state index contributed by atoms with van der Waals surface area (Å²) in [7, 11) is 0. The largest absolute Gasteiger partial charge is 0.378 e. The van der Waals surface area contributed by atoms with Gasteiger partial charge in [-0.1, -0.05) is 13.8 Å². The van der Waals surface area contributed by atoms with Gasteiger partial charge in [-0.05, 0) is 19.8 Å². The molecule has 2 amide bonds. The van der Waals surface area contributed by atoms with Crippen molar-refractivity contribution >= 4 is 23.6 Å². The number of morpholine rings is 1. The van der Waals surface area contributed by atoms with Crippen molar-refractivity contribution < 1.29 is 14.3 Å². The van der Waals surface area contributed by atoms with Gasteiger partial charge in [-0.25, -0.2) is 0 Å². The molecule has 0 aromatic rings. The van der Waals surface area contributed by atoms with E-state index in [1.165, 1.54) is 11.8 Å². The normalized spacial score (nSPS) is 16.1. The summed E-state index contributed by atoms with van der Waals surface area (Å²) in [6.07, 6.45) is 1.82. The Balaban J connectivity index is 2.22. The predicted octanol–water partition coefficient (Wildman–Crippen LogP) is 1.27. The lowest BCUT2D eigenvalue weighted by Gasteiger charge is -2.28. The molecule has 1 rings (SSSR count). The van der Waals surface area contributed by atoms with E-state index in [0.717, 1.165) is 12.8 Å². The van der Waals surface area contributed by atoms with Crippen LogP contribution in [0.25, 0.3) is 0 Å². The number of amides is 2. The van der Waals surface area contributed by atoms with Crippen LogP contribution in [0.15, 0.2) is 0 Å². The van der Waals surface area contributed by atoms with E-state index in [-0.39, 0.29) is 17.4 Å². The van der Waals surface area contributed by atoms with Gasteiger partial charge in [0, 0.05) is 18.6 Å². The van der Waals surface area contributed by atoms with Gasteiger partial charge in [-0.2, -0.15) is 0 Å². The molecule has 0 radical (unpaired) electrons. The fourth-order valence-corrected chi connectivity index (χ4v) is 2.65. The third-order valence-electron chi connectivity index (χ3n) is 3.82. The fraction of sp³-hybridized carbons (Fsp3) is 0.857. The standard InChI is InChI=1S/C14H26N2O3S/c1-4-14(3,5-2)15-12(17)10-20-11-13(18)16-6-8-19-9-7-16/h4-11H2,1-3H3,(H,15,17). The van der Waals surface area contributed by atoms with E-state index in [0.29, 0.717) is 37.8 Å². The van der Waals surface area contributed by atoms with E-state index in [4.69, 9.17) is 4.74 Å². The van der Waals surface area contributed by atoms with Crippen molar-refractivity contribution in [3.8, 4) is 0 Å². The number of nitrogens with zero attached hydrogens (tertiary/aromatic N) is 1. The third-order valence-corrected chi connectivity index (χ3v) is 4.74. The number of ether oxygens (including phenoxy) is 1. The molecule has 20 heavy (non-hydrogen) atoms. The molecule has 0 spiro atoms. The Labute approximate surface area is 125 Å². The second-order valence-corrected chi connectivity index (χ2v) is 6.29. The van der Waals surface area contributed by atoms with E-state index in [1.54, 1.807) is 4.90 Å². The molecule has 1 saturated heterocycles. The second kappa shape index (κ2) is 8.52. The van der Waals surface area contributed by atoms with E-state index < -0.39 is 0 Å². The van der Waals surface area contributed by atoms with Crippen LogP contribution in [-0.4, -0.2) is 60.1 Å². The molecular formula is C14H26N2O3S. The molecule has 0 saturated carbocycles. The molecule has 0 aromatic carbocycles. The van der Waals surface area contributed by atoms with Gasteiger partial charge < -0.3 is 15.0 Å². The van der Waals surface area contributed by atoms with Crippen LogP contribution in [0.4, 0.5) is 0 Å². The highest BCUT2D eigenvalue weighted by molar-refractivity contribution is 8.00. The quantitative estimate of drug-likeness (QED) is 0.769. The maximum absolute atomic E-state index is 11.9. The lowest BCUT2D eigenvalue weighted by atomic mass is 9.96. The van der Waals surface area contributed by atoms with Crippen LogP contribution >= 0.6 is 11.8 Å². The smallest absolute Gasteiger partial charge is 0.232 e. The lowest BCUT2D eigenvalue weighted by Crippen LogP contribution is -2.46. The first kappa shape index (κ1) is 17.3. The van der Waals surface area contributed by atoms with Gasteiger partial charge in [0.1, 0.15) is 0 Å². The number of nitrogens with one attached hydrogen (secondary N) is 1. The van der Waals surface area contributed by atoms with Crippen LogP contribution in [0, 0.1) is 0 Å². The summed E-state index contributed by atoms with van der Waals surface area (Å²) >= 11 is 1.38. The molecule has 0 aliphatic carbocycles. The minimum atomic E-state index is -0.133. The summed E-state index contributed by atoms with van der Waals surface area (Å²) in [4.78, 5) is 25.6. The van der Waals surface area contributed by atoms with Crippen LogP contribution in [-0.2, 0) is 14.3 Å². The van der Waals surface area contributed by atoms with Crippen LogP contribution in [0.3, 0.4) is 0 Å². The van der Waals surface area contributed by atoms with Crippen molar-refractivity contribution in [2.24, 2.45) is 0 Å². The van der Waals surface area contributed by atoms with E-state index in [9.17, 15) is 9.59 Å². The second-order valence-electron chi connectivity index (χ2n) is 5.30. The molecular weight excluding hydrogens is 276 g/mol. The average molecular weight is 302 g/mol. The summed E-state index contributed by atoms with van der Waals surface area (Å²) in [6.45, 7) is 8.74. The van der Waals surface area contributed by atoms with Crippen molar-refractivity contribution in [2.75, 3.05) is 37.8 Å². The molecule has 1 aliphatic rings. The molecule has 1 aliphatic heterocycles. The van der Waals surface area contributed by atoms with Gasteiger partial charge in [-0.3, -0.25) is 9.59 Å². The first-order chi connectivity index (χ1) is 9.50. The number of carbonyl (C=O) groups excluding carboxylic acids is 2. The summed E-state index contributed by atoms with van der Waals surface area (Å²) in [6, 6.07) is 0. The maximum Gasteiger partial charge on any atom is 0.232 e. The Morgan fingerprint density at radius 2 is 1.80 bits per heavy atom. The van der Waals surface area contributed by atoms with E-state index in [2.05, 4.69) is 26.1 Å². The molecule has 0 unspecified atom stereocenters. The Morgan fingerprint density at radius 3 is 2.35 bits per heavy atom. The molecule has 0 aromatic heterocycles. The maximum atomic E-state index is 11.9. The van der Waals surface area contributed by atoms with Crippen molar-refractivity contribution in [1.29, 1.82) is 0 Å². The minimum Gasteiger partial charge on any atom is -0.378 e. The van der Waals surface area contributed by atoms with Gasteiger partial charge in [0.05, 0.1) is 24.7 Å². The fourth-order valence-electron chi connectivity index (χ4n) is 1.93. The van der Waals surface area contributed by atoms with Gasteiger partial charge in [-0.15, -0.1) is 11.8 Å². The zero-order valence-corrected chi connectivity index (χ0v) is 13.6. The first-order valence-electron chi connectivity index (χ1n) is 7.25. The van der Waals surface area contributed by atoms with E-state index in [1.807, 2.05) is 0 Å².